The van der Waals surface area contributed by atoms with E-state index >= 15 is 0 Å². The van der Waals surface area contributed by atoms with E-state index in [1.54, 1.807) is 19.3 Å². The maximum absolute atomic E-state index is 12.6. The molecule has 1 N–H and O–H groups in total. The first-order valence-electron chi connectivity index (χ1n) is 9.69. The zero-order valence-electron chi connectivity index (χ0n) is 17.6. The largest absolute Gasteiger partial charge is 0.472 e. The highest BCUT2D eigenvalue weighted by Gasteiger charge is 2.24. The van der Waals surface area contributed by atoms with E-state index in [1.165, 1.54) is 34.6 Å². The SMILES string of the molecule is Cc1nn(C)cc1S(=O)(=O)NC(=O)c1ccc(-n2ccc(OCc3ccccc3)n2)nc1Cl. The van der Waals surface area contributed by atoms with E-state index in [0.29, 0.717) is 18.3 Å². The van der Waals surface area contributed by atoms with Crippen molar-refractivity contribution in [3.63, 3.8) is 0 Å². The second kappa shape index (κ2) is 9.04. The quantitative estimate of drug-likeness (QED) is 0.398. The van der Waals surface area contributed by atoms with E-state index < -0.39 is 15.9 Å². The van der Waals surface area contributed by atoms with E-state index in [9.17, 15) is 13.2 Å². The van der Waals surface area contributed by atoms with Crippen molar-refractivity contribution < 1.29 is 17.9 Å². The molecule has 3 aromatic heterocycles. The number of carbonyl (C=O) groups excluding carboxylic acids is 1. The van der Waals surface area contributed by atoms with Gasteiger partial charge in [-0.3, -0.25) is 9.48 Å². The van der Waals surface area contributed by atoms with Crippen molar-refractivity contribution in [2.75, 3.05) is 0 Å². The Balaban J connectivity index is 1.47. The number of aryl methyl sites for hydroxylation is 2. The lowest BCUT2D eigenvalue weighted by atomic mass is 10.2. The van der Waals surface area contributed by atoms with Crippen LogP contribution in [0.5, 0.6) is 5.88 Å². The highest BCUT2D eigenvalue weighted by molar-refractivity contribution is 7.90. The fourth-order valence-corrected chi connectivity index (χ4v) is 4.46. The number of nitrogens with zero attached hydrogens (tertiary/aromatic N) is 5. The maximum Gasteiger partial charge on any atom is 0.268 e. The predicted molar refractivity (Wildman–Crippen MR) is 120 cm³/mol. The normalized spacial score (nSPS) is 11.4. The Hall–Kier alpha value is -3.70. The Morgan fingerprint density at radius 2 is 1.88 bits per heavy atom. The average Bonchev–Trinajstić information content (AvgIpc) is 3.39. The zero-order valence-corrected chi connectivity index (χ0v) is 19.2. The summed E-state index contributed by atoms with van der Waals surface area (Å²) < 4.78 is 35.5. The molecule has 33 heavy (non-hydrogen) atoms. The Kier molecular flexibility index (Phi) is 6.16. The molecule has 4 aromatic rings. The highest BCUT2D eigenvalue weighted by Crippen LogP contribution is 2.19. The van der Waals surface area contributed by atoms with Crippen LogP contribution >= 0.6 is 11.6 Å². The van der Waals surface area contributed by atoms with Crippen molar-refractivity contribution in [3.8, 4) is 11.7 Å². The van der Waals surface area contributed by atoms with Gasteiger partial charge in [-0.25, -0.2) is 22.8 Å². The molecule has 0 saturated heterocycles. The highest BCUT2D eigenvalue weighted by atomic mass is 35.5. The molecule has 0 aliphatic rings. The summed E-state index contributed by atoms with van der Waals surface area (Å²) in [5.74, 6) is -0.191. The first kappa shape index (κ1) is 22.5. The molecule has 0 radical (unpaired) electrons. The zero-order chi connectivity index (χ0) is 23.6. The van der Waals surface area contributed by atoms with E-state index in [1.807, 2.05) is 35.1 Å². The molecule has 0 aliphatic heterocycles. The van der Waals surface area contributed by atoms with Gasteiger partial charge in [-0.05, 0) is 24.6 Å². The van der Waals surface area contributed by atoms with Gasteiger partial charge in [0, 0.05) is 25.5 Å². The van der Waals surface area contributed by atoms with Gasteiger partial charge in [0.2, 0.25) is 5.88 Å². The Morgan fingerprint density at radius 1 is 1.12 bits per heavy atom. The molecule has 0 unspecified atom stereocenters. The molecule has 3 heterocycles. The molecular weight excluding hydrogens is 468 g/mol. The van der Waals surface area contributed by atoms with Crippen LogP contribution < -0.4 is 9.46 Å². The summed E-state index contributed by atoms with van der Waals surface area (Å²) in [6.45, 7) is 1.89. The number of aromatic nitrogens is 5. The third kappa shape index (κ3) is 5.04. The molecule has 1 amide bonds. The molecule has 12 heteroatoms. The van der Waals surface area contributed by atoms with E-state index in [2.05, 4.69) is 15.2 Å². The average molecular weight is 487 g/mol. The predicted octanol–water partition coefficient (Wildman–Crippen LogP) is 2.66. The molecular formula is C21H19ClN6O4S. The van der Waals surface area contributed by atoms with Gasteiger partial charge in [0.25, 0.3) is 15.9 Å². The summed E-state index contributed by atoms with van der Waals surface area (Å²) in [6, 6.07) is 14.2. The minimum absolute atomic E-state index is 0.0985. The lowest BCUT2D eigenvalue weighted by Crippen LogP contribution is -2.31. The molecule has 170 valence electrons. The number of carbonyl (C=O) groups is 1. The molecule has 10 nitrogen and oxygen atoms in total. The van der Waals surface area contributed by atoms with Crippen LogP contribution in [0.4, 0.5) is 0 Å². The van der Waals surface area contributed by atoms with Crippen molar-refractivity contribution in [1.29, 1.82) is 0 Å². The number of hydrogen-bond acceptors (Lipinski definition) is 7. The molecule has 1 aromatic carbocycles. The number of ether oxygens (including phenoxy) is 1. The van der Waals surface area contributed by atoms with Crippen LogP contribution in [0.1, 0.15) is 21.6 Å². The summed E-state index contributed by atoms with van der Waals surface area (Å²) in [5, 5.41) is 8.09. The van der Waals surface area contributed by atoms with Crippen LogP contribution in [0.25, 0.3) is 5.82 Å². The number of hydrogen-bond donors (Lipinski definition) is 1. The van der Waals surface area contributed by atoms with Crippen molar-refractivity contribution in [1.82, 2.24) is 29.3 Å². The van der Waals surface area contributed by atoms with Crippen LogP contribution in [0.3, 0.4) is 0 Å². The van der Waals surface area contributed by atoms with E-state index in [-0.39, 0.29) is 21.3 Å². The van der Waals surface area contributed by atoms with Crippen LogP contribution in [-0.4, -0.2) is 38.9 Å². The van der Waals surface area contributed by atoms with Crippen molar-refractivity contribution in [3.05, 3.63) is 82.9 Å². The monoisotopic (exact) mass is 486 g/mol. The topological polar surface area (TPSA) is 121 Å². The minimum Gasteiger partial charge on any atom is -0.472 e. The second-order valence-corrected chi connectivity index (χ2v) is 9.08. The van der Waals surface area contributed by atoms with Crippen molar-refractivity contribution in [2.45, 2.75) is 18.4 Å². The Morgan fingerprint density at radius 3 is 2.55 bits per heavy atom. The van der Waals surface area contributed by atoms with Gasteiger partial charge < -0.3 is 4.74 Å². The van der Waals surface area contributed by atoms with Gasteiger partial charge >= 0.3 is 0 Å². The lowest BCUT2D eigenvalue weighted by Gasteiger charge is -2.08. The first-order chi connectivity index (χ1) is 15.7. The molecule has 0 bridgehead atoms. The minimum atomic E-state index is -4.13. The summed E-state index contributed by atoms with van der Waals surface area (Å²) in [5.41, 5.74) is 1.17. The first-order valence-corrected chi connectivity index (χ1v) is 11.6. The van der Waals surface area contributed by atoms with Crippen LogP contribution in [0.15, 0.2) is 65.8 Å². The Labute approximate surface area is 194 Å². The summed E-state index contributed by atoms with van der Waals surface area (Å²) >= 11 is 6.18. The number of pyridine rings is 1. The second-order valence-electron chi connectivity index (χ2n) is 7.07. The van der Waals surface area contributed by atoms with Gasteiger partial charge in [-0.15, -0.1) is 5.10 Å². The molecule has 0 fully saturated rings. The smallest absolute Gasteiger partial charge is 0.268 e. The van der Waals surface area contributed by atoms with Crippen molar-refractivity contribution >= 4 is 27.5 Å². The number of amides is 1. The standard InChI is InChI=1S/C21H19ClN6O4S/c1-14-17(12-27(2)24-14)33(30,31)26-21(29)16-8-9-18(23-20(16)22)28-11-10-19(25-28)32-13-15-6-4-3-5-7-15/h3-12H,13H2,1-2H3,(H,26,29). The van der Waals surface area contributed by atoms with Crippen LogP contribution in [0, 0.1) is 6.92 Å². The molecule has 0 saturated carbocycles. The van der Waals surface area contributed by atoms with Gasteiger partial charge in [0.05, 0.1) is 11.3 Å². The summed E-state index contributed by atoms with van der Waals surface area (Å²) in [6.07, 6.45) is 2.94. The van der Waals surface area contributed by atoms with Crippen LogP contribution in [-0.2, 0) is 23.7 Å². The van der Waals surface area contributed by atoms with Crippen LogP contribution in [0.2, 0.25) is 5.15 Å². The maximum atomic E-state index is 12.6. The molecule has 0 atom stereocenters. The van der Waals surface area contributed by atoms with Gasteiger partial charge in [-0.1, -0.05) is 41.9 Å². The summed E-state index contributed by atoms with van der Waals surface area (Å²) in [4.78, 5) is 16.6. The van der Waals surface area contributed by atoms with Crippen molar-refractivity contribution in [2.24, 2.45) is 7.05 Å². The molecule has 0 aliphatic carbocycles. The van der Waals surface area contributed by atoms with E-state index in [0.717, 1.165) is 5.56 Å². The number of benzene rings is 1. The fourth-order valence-electron chi connectivity index (χ4n) is 3.04. The lowest BCUT2D eigenvalue weighted by molar-refractivity contribution is 0.0981. The van der Waals surface area contributed by atoms with Gasteiger partial charge in [0.15, 0.2) is 5.82 Å². The Bertz CT molecular complexity index is 1420. The number of sulfonamides is 1. The van der Waals surface area contributed by atoms with Gasteiger partial charge in [-0.2, -0.15) is 5.10 Å². The van der Waals surface area contributed by atoms with E-state index in [4.69, 9.17) is 16.3 Å². The molecule has 0 spiro atoms. The summed E-state index contributed by atoms with van der Waals surface area (Å²) in [7, 11) is -2.54. The third-order valence-electron chi connectivity index (χ3n) is 4.59. The number of rotatable bonds is 7. The molecule has 4 rings (SSSR count). The number of halogens is 1. The third-order valence-corrected chi connectivity index (χ3v) is 6.31. The fraction of sp³-hybridized carbons (Fsp3) is 0.143. The van der Waals surface area contributed by atoms with Gasteiger partial charge in [0.1, 0.15) is 16.7 Å². The number of nitrogens with one attached hydrogen (secondary N) is 1.